The maximum Gasteiger partial charge on any atom is 0.282 e. The third kappa shape index (κ3) is 4.01. The molecule has 4 rings (SSSR count). The Morgan fingerprint density at radius 3 is 2.26 bits per heavy atom. The van der Waals surface area contributed by atoms with Gasteiger partial charge in [-0.05, 0) is 29.3 Å². The van der Waals surface area contributed by atoms with Crippen molar-refractivity contribution in [2.24, 2.45) is 0 Å². The minimum Gasteiger partial charge on any atom is -0.491 e. The maximum absolute atomic E-state index is 12.6. The summed E-state index contributed by atoms with van der Waals surface area (Å²) in [6.45, 7) is -0.480. The number of aliphatic hydroxyl groups excluding tert-OH is 1. The molecule has 31 heavy (non-hydrogen) atoms. The highest BCUT2D eigenvalue weighted by Gasteiger charge is 2.41. The van der Waals surface area contributed by atoms with Crippen LogP contribution in [0, 0.1) is 10.1 Å². The number of rotatable bonds is 7. The third-order valence-corrected chi connectivity index (χ3v) is 4.97. The Kier molecular flexibility index (Phi) is 5.46. The lowest BCUT2D eigenvalue weighted by Crippen LogP contribution is -2.39. The predicted molar refractivity (Wildman–Crippen MR) is 112 cm³/mol. The molecule has 1 aliphatic heterocycles. The molecule has 0 bridgehead atoms. The smallest absolute Gasteiger partial charge is 0.282 e. The molecule has 1 unspecified atom stereocenters. The van der Waals surface area contributed by atoms with Crippen LogP contribution in [0.25, 0.3) is 11.1 Å². The summed E-state index contributed by atoms with van der Waals surface area (Å²) in [6, 6.07) is 21.0. The number of nitrogens with zero attached hydrogens (tertiary/aromatic N) is 2. The van der Waals surface area contributed by atoms with E-state index in [0.717, 1.165) is 16.0 Å². The molecule has 3 aromatic rings. The molecule has 0 fully saturated rings. The summed E-state index contributed by atoms with van der Waals surface area (Å²) in [5.41, 5.74) is 1.36. The molecule has 0 radical (unpaired) electrons. The van der Waals surface area contributed by atoms with Crippen LogP contribution in [0.3, 0.4) is 0 Å². The number of carbonyl (C=O) groups excluding carboxylic acids is 2. The molecule has 3 aromatic carbocycles. The molecular weight excluding hydrogens is 400 g/mol. The van der Waals surface area contributed by atoms with E-state index in [-0.39, 0.29) is 24.3 Å². The van der Waals surface area contributed by atoms with Gasteiger partial charge >= 0.3 is 0 Å². The van der Waals surface area contributed by atoms with Crippen molar-refractivity contribution >= 4 is 17.5 Å². The first-order chi connectivity index (χ1) is 15.0. The molecular formula is C23H18N2O6. The second kappa shape index (κ2) is 8.37. The van der Waals surface area contributed by atoms with E-state index >= 15 is 0 Å². The van der Waals surface area contributed by atoms with Crippen molar-refractivity contribution in [2.75, 3.05) is 13.2 Å². The van der Waals surface area contributed by atoms with Gasteiger partial charge in [0.2, 0.25) is 0 Å². The van der Waals surface area contributed by atoms with E-state index < -0.39 is 28.5 Å². The van der Waals surface area contributed by atoms with Crippen LogP contribution in [0.5, 0.6) is 5.75 Å². The Hall–Kier alpha value is -4.04. The van der Waals surface area contributed by atoms with Gasteiger partial charge in [-0.25, -0.2) is 0 Å². The van der Waals surface area contributed by atoms with E-state index in [2.05, 4.69) is 0 Å². The van der Waals surface area contributed by atoms with Crippen molar-refractivity contribution in [2.45, 2.75) is 6.10 Å². The third-order valence-electron chi connectivity index (χ3n) is 4.97. The topological polar surface area (TPSA) is 110 Å². The Morgan fingerprint density at radius 2 is 1.58 bits per heavy atom. The number of imide groups is 1. The number of β-amino-alcohol motifs (C(OH)–C–C–N with tert-alkyl or cyclic N) is 1. The number of amides is 2. The van der Waals surface area contributed by atoms with Crippen LogP contribution in [-0.4, -0.2) is 46.0 Å². The molecule has 0 saturated heterocycles. The summed E-state index contributed by atoms with van der Waals surface area (Å²) in [6.07, 6.45) is -1.16. The zero-order valence-electron chi connectivity index (χ0n) is 16.3. The van der Waals surface area contributed by atoms with Gasteiger partial charge in [0.15, 0.2) is 0 Å². The van der Waals surface area contributed by atoms with Crippen molar-refractivity contribution < 1.29 is 24.4 Å². The first kappa shape index (κ1) is 20.2. The van der Waals surface area contributed by atoms with Crippen LogP contribution in [0.15, 0.2) is 72.8 Å². The fraction of sp³-hybridized carbons (Fsp3) is 0.130. The largest absolute Gasteiger partial charge is 0.491 e. The Balaban J connectivity index is 1.39. The van der Waals surface area contributed by atoms with Crippen LogP contribution in [0.4, 0.5) is 5.69 Å². The van der Waals surface area contributed by atoms with E-state index in [1.54, 1.807) is 12.1 Å². The first-order valence-corrected chi connectivity index (χ1v) is 9.55. The van der Waals surface area contributed by atoms with E-state index in [9.17, 15) is 24.8 Å². The number of hydrogen-bond acceptors (Lipinski definition) is 6. The van der Waals surface area contributed by atoms with Gasteiger partial charge in [0.05, 0.1) is 17.0 Å². The van der Waals surface area contributed by atoms with Crippen molar-refractivity contribution in [1.82, 2.24) is 4.90 Å². The monoisotopic (exact) mass is 418 g/mol. The predicted octanol–water partition coefficient (Wildman–Crippen LogP) is 3.30. The number of aliphatic hydroxyl groups is 1. The van der Waals surface area contributed by atoms with Gasteiger partial charge in [0.1, 0.15) is 24.0 Å². The van der Waals surface area contributed by atoms with Gasteiger partial charge in [-0.3, -0.25) is 24.6 Å². The van der Waals surface area contributed by atoms with E-state index in [1.807, 2.05) is 42.5 Å². The number of fused-ring (bicyclic) bond motifs is 1. The van der Waals surface area contributed by atoms with Gasteiger partial charge in [0, 0.05) is 6.07 Å². The maximum atomic E-state index is 12.6. The molecule has 1 heterocycles. The van der Waals surface area contributed by atoms with E-state index in [1.165, 1.54) is 18.2 Å². The molecule has 1 N–H and O–H groups in total. The van der Waals surface area contributed by atoms with Crippen LogP contribution >= 0.6 is 0 Å². The second-order valence-corrected chi connectivity index (χ2v) is 7.03. The molecule has 8 heteroatoms. The number of nitro groups is 1. The van der Waals surface area contributed by atoms with Crippen LogP contribution in [0.1, 0.15) is 20.7 Å². The quantitative estimate of drug-likeness (QED) is 0.358. The van der Waals surface area contributed by atoms with Crippen LogP contribution in [-0.2, 0) is 0 Å². The lowest BCUT2D eigenvalue weighted by Gasteiger charge is -2.19. The van der Waals surface area contributed by atoms with Gasteiger partial charge in [0.25, 0.3) is 17.5 Å². The van der Waals surface area contributed by atoms with Gasteiger partial charge in [-0.15, -0.1) is 0 Å². The van der Waals surface area contributed by atoms with E-state index in [0.29, 0.717) is 5.75 Å². The number of carbonyl (C=O) groups is 2. The Morgan fingerprint density at radius 1 is 0.903 bits per heavy atom. The highest BCUT2D eigenvalue weighted by atomic mass is 16.6. The first-order valence-electron chi connectivity index (χ1n) is 9.55. The summed E-state index contributed by atoms with van der Waals surface area (Å²) in [4.78, 5) is 36.3. The number of nitro benzene ring substituents is 1. The van der Waals surface area contributed by atoms with Gasteiger partial charge < -0.3 is 9.84 Å². The molecule has 1 atom stereocenters. The van der Waals surface area contributed by atoms with E-state index in [4.69, 9.17) is 4.74 Å². The lowest BCUT2D eigenvalue weighted by atomic mass is 10.1. The molecule has 2 amide bonds. The normalized spacial score (nSPS) is 13.8. The zero-order chi connectivity index (χ0) is 22.0. The van der Waals surface area contributed by atoms with Crippen molar-refractivity contribution in [3.05, 3.63) is 94.0 Å². The SMILES string of the molecule is O=C1c2cccc([N+](=O)[O-])c2C(=O)N1CC(O)COc1ccc(-c2ccccc2)cc1. The highest BCUT2D eigenvalue weighted by molar-refractivity contribution is 6.23. The standard InChI is InChI=1S/C23H18N2O6/c26-17(14-31-18-11-9-16(10-12-18)15-5-2-1-3-6-15)13-24-22(27)19-7-4-8-20(25(29)30)21(19)23(24)28/h1-12,17,26H,13-14H2. The summed E-state index contributed by atoms with van der Waals surface area (Å²) in [5, 5.41) is 21.5. The van der Waals surface area contributed by atoms with Crippen molar-refractivity contribution in [1.29, 1.82) is 0 Å². The minimum atomic E-state index is -1.16. The Bertz CT molecular complexity index is 1140. The average Bonchev–Trinajstić information content (AvgIpc) is 3.03. The summed E-state index contributed by atoms with van der Waals surface area (Å²) < 4.78 is 5.57. The molecule has 0 spiro atoms. The number of hydrogen-bond donors (Lipinski definition) is 1. The Labute approximate surface area is 177 Å². The molecule has 0 aromatic heterocycles. The van der Waals surface area contributed by atoms with Crippen molar-refractivity contribution in [3.8, 4) is 16.9 Å². The van der Waals surface area contributed by atoms with Crippen LogP contribution < -0.4 is 4.74 Å². The zero-order valence-corrected chi connectivity index (χ0v) is 16.3. The number of ether oxygens (including phenoxy) is 1. The lowest BCUT2D eigenvalue weighted by molar-refractivity contribution is -0.385. The molecule has 1 aliphatic rings. The summed E-state index contributed by atoms with van der Waals surface area (Å²) in [5.74, 6) is -0.940. The van der Waals surface area contributed by atoms with Gasteiger partial charge in [-0.2, -0.15) is 0 Å². The van der Waals surface area contributed by atoms with Gasteiger partial charge in [-0.1, -0.05) is 48.5 Å². The molecule has 8 nitrogen and oxygen atoms in total. The molecule has 0 aliphatic carbocycles. The molecule has 0 saturated carbocycles. The highest BCUT2D eigenvalue weighted by Crippen LogP contribution is 2.30. The number of benzene rings is 3. The minimum absolute atomic E-state index is 0.0381. The van der Waals surface area contributed by atoms with Crippen molar-refractivity contribution in [3.63, 3.8) is 0 Å². The molecule has 156 valence electrons. The summed E-state index contributed by atoms with van der Waals surface area (Å²) in [7, 11) is 0. The van der Waals surface area contributed by atoms with Crippen LogP contribution in [0.2, 0.25) is 0 Å². The second-order valence-electron chi connectivity index (χ2n) is 7.03. The summed E-state index contributed by atoms with van der Waals surface area (Å²) >= 11 is 0. The average molecular weight is 418 g/mol. The fourth-order valence-electron chi connectivity index (χ4n) is 3.46. The fourth-order valence-corrected chi connectivity index (χ4v) is 3.46.